The highest BCUT2D eigenvalue weighted by Crippen LogP contribution is 2.22. The monoisotopic (exact) mass is 493 g/mol. The molecule has 3 rings (SSSR count). The number of amides is 2. The minimum Gasteiger partial charge on any atom is -0.350 e. The van der Waals surface area contributed by atoms with Gasteiger partial charge in [-0.2, -0.15) is 0 Å². The maximum absolute atomic E-state index is 12.5. The van der Waals surface area contributed by atoms with E-state index in [0.717, 1.165) is 3.57 Å². The third-order valence-corrected chi connectivity index (χ3v) is 5.86. The molecule has 25 heavy (non-hydrogen) atoms. The molecule has 1 unspecified atom stereocenters. The van der Waals surface area contributed by atoms with E-state index in [4.69, 9.17) is 23.2 Å². The zero-order valence-corrected chi connectivity index (χ0v) is 16.6. The average molecular weight is 494 g/mol. The van der Waals surface area contributed by atoms with E-state index in [1.54, 1.807) is 17.0 Å². The van der Waals surface area contributed by atoms with Crippen LogP contribution in [0.2, 0.25) is 5.02 Å². The maximum atomic E-state index is 12.5. The number of carbonyl (C=O) groups is 2. The Hall–Kier alpha value is -1.32. The van der Waals surface area contributed by atoms with Crippen LogP contribution in [0.15, 0.2) is 23.0 Å². The lowest BCUT2D eigenvalue weighted by atomic mass is 10.2. The van der Waals surface area contributed by atoms with Crippen LogP contribution in [0, 0.1) is 3.57 Å². The number of fused-ring (bicyclic) bond motifs is 1. The summed E-state index contributed by atoms with van der Waals surface area (Å²) < 4.78 is 0.783. The molecule has 0 bridgehead atoms. The van der Waals surface area contributed by atoms with Gasteiger partial charge < -0.3 is 15.2 Å². The summed E-state index contributed by atoms with van der Waals surface area (Å²) in [7, 11) is 0. The Labute approximate surface area is 167 Å². The molecule has 1 aliphatic rings. The normalized spacial score (nSPS) is 17.1. The van der Waals surface area contributed by atoms with Gasteiger partial charge in [-0.1, -0.05) is 11.6 Å². The number of hydrogen-bond acceptors (Lipinski definition) is 3. The molecule has 0 radical (unpaired) electrons. The lowest BCUT2D eigenvalue weighted by molar-refractivity contribution is -0.127. The van der Waals surface area contributed by atoms with Gasteiger partial charge in [-0.3, -0.25) is 14.4 Å². The minimum atomic E-state index is -0.380. The van der Waals surface area contributed by atoms with Gasteiger partial charge in [-0.15, -0.1) is 11.6 Å². The maximum Gasteiger partial charge on any atom is 0.268 e. The molecule has 9 heteroatoms. The third-order valence-electron chi connectivity index (χ3n) is 4.11. The van der Waals surface area contributed by atoms with Crippen molar-refractivity contribution < 1.29 is 9.59 Å². The Balaban J connectivity index is 1.80. The number of halogens is 3. The van der Waals surface area contributed by atoms with Gasteiger partial charge in [0, 0.05) is 34.2 Å². The molecular formula is C16H14Cl2IN3O3. The highest BCUT2D eigenvalue weighted by Gasteiger charge is 2.27. The van der Waals surface area contributed by atoms with Crippen molar-refractivity contribution in [1.82, 2.24) is 15.2 Å². The van der Waals surface area contributed by atoms with Gasteiger partial charge in [0.05, 0.1) is 10.5 Å². The molecule has 1 fully saturated rings. The molecule has 0 spiro atoms. The molecule has 6 nitrogen and oxygen atoms in total. The van der Waals surface area contributed by atoms with E-state index < -0.39 is 0 Å². The number of alkyl halides is 1. The van der Waals surface area contributed by atoms with Crippen molar-refractivity contribution in [1.29, 1.82) is 0 Å². The van der Waals surface area contributed by atoms with Crippen molar-refractivity contribution in [2.45, 2.75) is 12.5 Å². The second-order valence-corrected chi connectivity index (χ2v) is 7.63. The third kappa shape index (κ3) is 3.93. The van der Waals surface area contributed by atoms with Crippen LogP contribution in [-0.4, -0.2) is 46.7 Å². The first-order chi connectivity index (χ1) is 11.9. The van der Waals surface area contributed by atoms with E-state index >= 15 is 0 Å². The van der Waals surface area contributed by atoms with E-state index in [1.807, 2.05) is 0 Å². The largest absolute Gasteiger partial charge is 0.350 e. The van der Waals surface area contributed by atoms with Crippen LogP contribution >= 0.6 is 45.8 Å². The Morgan fingerprint density at radius 1 is 1.36 bits per heavy atom. The second kappa shape index (κ2) is 7.51. The SMILES string of the molecule is O=C(NC1CCN(C(=O)CCl)C1)c1cc(=O)c2cc(Cl)c(I)cc2[nH]1. The van der Waals surface area contributed by atoms with Crippen molar-refractivity contribution in [3.8, 4) is 0 Å². The fraction of sp³-hybridized carbons (Fsp3) is 0.312. The summed E-state index contributed by atoms with van der Waals surface area (Å²) in [6.07, 6.45) is 0.652. The first-order valence-corrected chi connectivity index (χ1v) is 9.55. The van der Waals surface area contributed by atoms with Crippen LogP contribution < -0.4 is 10.7 Å². The highest BCUT2D eigenvalue weighted by molar-refractivity contribution is 14.1. The first kappa shape index (κ1) is 18.5. The summed E-state index contributed by atoms with van der Waals surface area (Å²) in [5.74, 6) is -0.599. The lowest BCUT2D eigenvalue weighted by Crippen LogP contribution is -2.39. The molecule has 2 aromatic rings. The molecule has 132 valence electrons. The minimum absolute atomic E-state index is 0.0696. The van der Waals surface area contributed by atoms with Crippen molar-refractivity contribution in [2.24, 2.45) is 0 Å². The predicted octanol–water partition coefficient (Wildman–Crippen LogP) is 2.36. The van der Waals surface area contributed by atoms with Crippen molar-refractivity contribution >= 4 is 68.5 Å². The molecule has 1 aromatic heterocycles. The van der Waals surface area contributed by atoms with E-state index in [9.17, 15) is 14.4 Å². The van der Waals surface area contributed by atoms with Gasteiger partial charge in [0.2, 0.25) is 5.91 Å². The van der Waals surface area contributed by atoms with Crippen molar-refractivity contribution in [3.05, 3.63) is 42.7 Å². The summed E-state index contributed by atoms with van der Waals surface area (Å²) in [6, 6.07) is 4.42. The number of hydrogen-bond donors (Lipinski definition) is 2. The highest BCUT2D eigenvalue weighted by atomic mass is 127. The van der Waals surface area contributed by atoms with E-state index in [-0.39, 0.29) is 34.9 Å². The molecule has 1 aromatic carbocycles. The van der Waals surface area contributed by atoms with Crippen LogP contribution in [0.3, 0.4) is 0 Å². The van der Waals surface area contributed by atoms with Crippen LogP contribution in [0.1, 0.15) is 16.9 Å². The fourth-order valence-electron chi connectivity index (χ4n) is 2.82. The number of nitrogens with one attached hydrogen (secondary N) is 2. The number of aromatic amines is 1. The molecule has 2 N–H and O–H groups in total. The number of nitrogens with zero attached hydrogens (tertiary/aromatic N) is 1. The molecule has 1 aliphatic heterocycles. The zero-order valence-electron chi connectivity index (χ0n) is 12.9. The van der Waals surface area contributed by atoms with Crippen LogP contribution in [0.5, 0.6) is 0 Å². The number of benzene rings is 1. The van der Waals surface area contributed by atoms with E-state index in [1.165, 1.54) is 6.07 Å². The quantitative estimate of drug-likeness (QED) is 0.508. The molecule has 1 saturated heterocycles. The number of H-pyrrole nitrogens is 1. The van der Waals surface area contributed by atoms with Crippen LogP contribution in [-0.2, 0) is 4.79 Å². The van der Waals surface area contributed by atoms with Crippen molar-refractivity contribution in [2.75, 3.05) is 19.0 Å². The average Bonchev–Trinajstić information content (AvgIpc) is 3.04. The number of rotatable bonds is 3. The Morgan fingerprint density at radius 3 is 2.84 bits per heavy atom. The standard InChI is InChI=1S/C16H14Cl2IN3O3/c17-6-15(24)22-2-1-8(7-22)20-16(25)13-5-14(23)9-3-10(18)11(19)4-12(9)21-13/h3-5,8H,1-2,6-7H2,(H,20,25)(H,21,23). The summed E-state index contributed by atoms with van der Waals surface area (Å²) in [5.41, 5.74) is 0.456. The number of likely N-dealkylation sites (tertiary alicyclic amines) is 1. The molecule has 2 heterocycles. The zero-order chi connectivity index (χ0) is 18.1. The Morgan fingerprint density at radius 2 is 2.12 bits per heavy atom. The van der Waals surface area contributed by atoms with Crippen LogP contribution in [0.25, 0.3) is 10.9 Å². The summed E-state index contributed by atoms with van der Waals surface area (Å²) in [6.45, 7) is 0.976. The molecule has 2 amide bonds. The van der Waals surface area contributed by atoms with E-state index in [2.05, 4.69) is 32.9 Å². The van der Waals surface area contributed by atoms with Gasteiger partial charge >= 0.3 is 0 Å². The van der Waals surface area contributed by atoms with E-state index in [0.29, 0.717) is 35.4 Å². The van der Waals surface area contributed by atoms with Gasteiger partial charge in [0.15, 0.2) is 5.43 Å². The second-order valence-electron chi connectivity index (χ2n) is 5.79. The molecule has 1 atom stereocenters. The van der Waals surface area contributed by atoms with Gasteiger partial charge in [-0.25, -0.2) is 0 Å². The topological polar surface area (TPSA) is 82.3 Å². The molecule has 0 saturated carbocycles. The van der Waals surface area contributed by atoms with Gasteiger partial charge in [-0.05, 0) is 41.1 Å². The van der Waals surface area contributed by atoms with Gasteiger partial charge in [0.1, 0.15) is 11.6 Å². The first-order valence-electron chi connectivity index (χ1n) is 7.55. The fourth-order valence-corrected chi connectivity index (χ4v) is 3.62. The van der Waals surface area contributed by atoms with Gasteiger partial charge in [0.25, 0.3) is 5.91 Å². The van der Waals surface area contributed by atoms with Crippen molar-refractivity contribution in [3.63, 3.8) is 0 Å². The smallest absolute Gasteiger partial charge is 0.268 e. The molecule has 0 aliphatic carbocycles. The summed E-state index contributed by atoms with van der Waals surface area (Å²) in [5, 5.41) is 3.77. The Kier molecular flexibility index (Phi) is 5.55. The Bertz CT molecular complexity index is 915. The molecular weight excluding hydrogens is 480 g/mol. The van der Waals surface area contributed by atoms with Crippen LogP contribution in [0.4, 0.5) is 0 Å². The number of carbonyl (C=O) groups excluding carboxylic acids is 2. The number of aromatic nitrogens is 1. The predicted molar refractivity (Wildman–Crippen MR) is 105 cm³/mol. The lowest BCUT2D eigenvalue weighted by Gasteiger charge is -2.16. The number of pyridine rings is 1. The summed E-state index contributed by atoms with van der Waals surface area (Å²) >= 11 is 13.7. The summed E-state index contributed by atoms with van der Waals surface area (Å²) in [4.78, 5) is 40.9.